The molecule has 1 aliphatic heterocycles. The van der Waals surface area contributed by atoms with E-state index in [0.717, 1.165) is 11.1 Å². The Labute approximate surface area is 122 Å². The van der Waals surface area contributed by atoms with Crippen LogP contribution in [0.25, 0.3) is 0 Å². The van der Waals surface area contributed by atoms with Gasteiger partial charge in [0.25, 0.3) is 0 Å². The minimum absolute atomic E-state index is 0.388. The number of carboxylic acid groups (broad SMARTS) is 1. The van der Waals surface area contributed by atoms with E-state index >= 15 is 0 Å². The zero-order chi connectivity index (χ0) is 14.8. The number of aromatic carboxylic acids is 1. The van der Waals surface area contributed by atoms with Gasteiger partial charge in [-0.05, 0) is 23.6 Å². The van der Waals surface area contributed by atoms with E-state index in [-0.39, 0.29) is 0 Å². The highest BCUT2D eigenvalue weighted by Crippen LogP contribution is 2.25. The lowest BCUT2D eigenvalue weighted by molar-refractivity contribution is 0.0695. The molecule has 3 rings (SSSR count). The van der Waals surface area contributed by atoms with Crippen LogP contribution >= 0.6 is 0 Å². The molecule has 1 aliphatic rings. The minimum Gasteiger partial charge on any atom is -0.481 e. The van der Waals surface area contributed by atoms with Crippen molar-refractivity contribution in [2.24, 2.45) is 0 Å². The van der Waals surface area contributed by atoms with Gasteiger partial charge in [-0.2, -0.15) is 4.98 Å². The average Bonchev–Trinajstić information content (AvgIpc) is 2.53. The van der Waals surface area contributed by atoms with Crippen molar-refractivity contribution in [1.82, 2.24) is 9.97 Å². The summed E-state index contributed by atoms with van der Waals surface area (Å²) in [7, 11) is 1.57. The van der Waals surface area contributed by atoms with Crippen molar-refractivity contribution in [2.75, 3.05) is 18.6 Å². The summed E-state index contributed by atoms with van der Waals surface area (Å²) in [4.78, 5) is 21.9. The molecule has 0 saturated carbocycles. The molecule has 0 amide bonds. The van der Waals surface area contributed by atoms with Crippen LogP contribution in [0.1, 0.15) is 21.5 Å². The SMILES string of the molecule is COc1ccnc(N2CCc3c(cccc3C(=O)O)C2)n1. The zero-order valence-corrected chi connectivity index (χ0v) is 11.6. The highest BCUT2D eigenvalue weighted by molar-refractivity contribution is 5.90. The smallest absolute Gasteiger partial charge is 0.335 e. The molecule has 0 radical (unpaired) electrons. The van der Waals surface area contributed by atoms with Crippen molar-refractivity contribution in [1.29, 1.82) is 0 Å². The van der Waals surface area contributed by atoms with Crippen LogP contribution in [0.4, 0.5) is 5.95 Å². The minimum atomic E-state index is -0.877. The topological polar surface area (TPSA) is 75.5 Å². The van der Waals surface area contributed by atoms with Crippen LogP contribution in [-0.2, 0) is 13.0 Å². The van der Waals surface area contributed by atoms with Gasteiger partial charge in [0.05, 0.1) is 12.7 Å². The van der Waals surface area contributed by atoms with Gasteiger partial charge >= 0.3 is 5.97 Å². The Morgan fingerprint density at radius 1 is 1.38 bits per heavy atom. The van der Waals surface area contributed by atoms with Crippen LogP contribution in [0.5, 0.6) is 5.88 Å². The predicted octanol–water partition coefficient (Wildman–Crippen LogP) is 1.75. The zero-order valence-electron chi connectivity index (χ0n) is 11.6. The summed E-state index contributed by atoms with van der Waals surface area (Å²) in [6.07, 6.45) is 2.32. The Bertz CT molecular complexity index is 688. The van der Waals surface area contributed by atoms with E-state index in [1.165, 1.54) is 0 Å². The second-order valence-corrected chi connectivity index (χ2v) is 4.82. The van der Waals surface area contributed by atoms with Crippen LogP contribution in [-0.4, -0.2) is 34.7 Å². The molecule has 0 atom stereocenters. The summed E-state index contributed by atoms with van der Waals surface area (Å²) in [5, 5.41) is 9.24. The molecule has 6 heteroatoms. The standard InChI is InChI=1S/C15H15N3O3/c1-21-13-5-7-16-15(17-13)18-8-6-11-10(9-18)3-2-4-12(11)14(19)20/h2-5,7H,6,8-9H2,1H3,(H,19,20). The molecular formula is C15H15N3O3. The summed E-state index contributed by atoms with van der Waals surface area (Å²) in [6.45, 7) is 1.29. The number of rotatable bonds is 3. The van der Waals surface area contributed by atoms with E-state index in [1.807, 2.05) is 11.0 Å². The first-order valence-corrected chi connectivity index (χ1v) is 6.65. The normalized spacial score (nSPS) is 13.7. The van der Waals surface area contributed by atoms with Crippen molar-refractivity contribution in [3.63, 3.8) is 0 Å². The molecule has 0 spiro atoms. The Morgan fingerprint density at radius 3 is 3.00 bits per heavy atom. The molecule has 0 aliphatic carbocycles. The van der Waals surface area contributed by atoms with E-state index in [0.29, 0.717) is 36.9 Å². The van der Waals surface area contributed by atoms with Crippen LogP contribution in [0.15, 0.2) is 30.5 Å². The Kier molecular flexibility index (Phi) is 3.43. The molecule has 0 fully saturated rings. The van der Waals surface area contributed by atoms with Gasteiger partial charge in [0, 0.05) is 25.4 Å². The third kappa shape index (κ3) is 2.52. The van der Waals surface area contributed by atoms with Gasteiger partial charge < -0.3 is 14.7 Å². The summed E-state index contributed by atoms with van der Waals surface area (Å²) < 4.78 is 5.11. The number of nitrogens with zero attached hydrogens (tertiary/aromatic N) is 3. The molecule has 1 N–H and O–H groups in total. The van der Waals surface area contributed by atoms with E-state index in [2.05, 4.69) is 9.97 Å². The molecule has 2 aromatic rings. The van der Waals surface area contributed by atoms with Crippen molar-refractivity contribution in [3.8, 4) is 5.88 Å². The number of aromatic nitrogens is 2. The number of hydrogen-bond acceptors (Lipinski definition) is 5. The molecule has 1 aromatic carbocycles. The lowest BCUT2D eigenvalue weighted by Crippen LogP contribution is -2.32. The molecule has 2 heterocycles. The van der Waals surface area contributed by atoms with Gasteiger partial charge in [-0.15, -0.1) is 0 Å². The van der Waals surface area contributed by atoms with Gasteiger partial charge in [0.1, 0.15) is 0 Å². The van der Waals surface area contributed by atoms with E-state index < -0.39 is 5.97 Å². The van der Waals surface area contributed by atoms with Crippen molar-refractivity contribution < 1.29 is 14.6 Å². The fraction of sp³-hybridized carbons (Fsp3) is 0.267. The number of anilines is 1. The summed E-state index contributed by atoms with van der Waals surface area (Å²) >= 11 is 0. The molecule has 108 valence electrons. The van der Waals surface area contributed by atoms with Gasteiger partial charge in [0.2, 0.25) is 11.8 Å². The first kappa shape index (κ1) is 13.4. The van der Waals surface area contributed by atoms with E-state index in [9.17, 15) is 9.90 Å². The highest BCUT2D eigenvalue weighted by atomic mass is 16.5. The molecule has 0 saturated heterocycles. The first-order chi connectivity index (χ1) is 10.2. The molecule has 6 nitrogen and oxygen atoms in total. The summed E-state index contributed by atoms with van der Waals surface area (Å²) in [5.74, 6) is 0.240. The van der Waals surface area contributed by atoms with Gasteiger partial charge in [-0.1, -0.05) is 12.1 Å². The Hall–Kier alpha value is -2.63. The first-order valence-electron chi connectivity index (χ1n) is 6.65. The maximum absolute atomic E-state index is 11.3. The number of carboxylic acids is 1. The molecule has 0 unspecified atom stereocenters. The van der Waals surface area contributed by atoms with Crippen LogP contribution in [0, 0.1) is 0 Å². The van der Waals surface area contributed by atoms with Crippen LogP contribution < -0.4 is 9.64 Å². The third-order valence-electron chi connectivity index (χ3n) is 3.61. The Morgan fingerprint density at radius 2 is 2.24 bits per heavy atom. The number of ether oxygens (including phenoxy) is 1. The molecule has 21 heavy (non-hydrogen) atoms. The lowest BCUT2D eigenvalue weighted by atomic mass is 9.95. The fourth-order valence-electron chi connectivity index (χ4n) is 2.58. The monoisotopic (exact) mass is 285 g/mol. The van der Waals surface area contributed by atoms with Gasteiger partial charge in [-0.3, -0.25) is 0 Å². The van der Waals surface area contributed by atoms with Crippen molar-refractivity contribution >= 4 is 11.9 Å². The lowest BCUT2D eigenvalue weighted by Gasteiger charge is -2.29. The van der Waals surface area contributed by atoms with Gasteiger partial charge in [0.15, 0.2) is 0 Å². The molecular weight excluding hydrogens is 270 g/mol. The van der Waals surface area contributed by atoms with Crippen LogP contribution in [0.2, 0.25) is 0 Å². The largest absolute Gasteiger partial charge is 0.481 e. The predicted molar refractivity (Wildman–Crippen MR) is 76.7 cm³/mol. The highest BCUT2D eigenvalue weighted by Gasteiger charge is 2.22. The number of fused-ring (bicyclic) bond motifs is 1. The van der Waals surface area contributed by atoms with Gasteiger partial charge in [-0.25, -0.2) is 9.78 Å². The Balaban J connectivity index is 1.91. The number of benzene rings is 1. The quantitative estimate of drug-likeness (QED) is 0.926. The number of carbonyl (C=O) groups is 1. The molecule has 1 aromatic heterocycles. The van der Waals surface area contributed by atoms with Crippen molar-refractivity contribution in [2.45, 2.75) is 13.0 Å². The molecule has 0 bridgehead atoms. The fourth-order valence-corrected chi connectivity index (χ4v) is 2.58. The summed E-state index contributed by atoms with van der Waals surface area (Å²) in [5.41, 5.74) is 2.30. The third-order valence-corrected chi connectivity index (χ3v) is 3.61. The maximum Gasteiger partial charge on any atom is 0.335 e. The van der Waals surface area contributed by atoms with Crippen molar-refractivity contribution in [3.05, 3.63) is 47.2 Å². The number of hydrogen-bond donors (Lipinski definition) is 1. The second-order valence-electron chi connectivity index (χ2n) is 4.82. The summed E-state index contributed by atoms with van der Waals surface area (Å²) in [6, 6.07) is 7.08. The number of methoxy groups -OCH3 is 1. The maximum atomic E-state index is 11.3. The van der Waals surface area contributed by atoms with Crippen LogP contribution in [0.3, 0.4) is 0 Å². The van der Waals surface area contributed by atoms with E-state index in [1.54, 1.807) is 31.5 Å². The second kappa shape index (κ2) is 5.40. The van der Waals surface area contributed by atoms with E-state index in [4.69, 9.17) is 4.74 Å². The average molecular weight is 285 g/mol.